The predicted molar refractivity (Wildman–Crippen MR) is 29.0 cm³/mol. The van der Waals surface area contributed by atoms with Crippen molar-refractivity contribution in [3.8, 4) is 0 Å². The van der Waals surface area contributed by atoms with E-state index in [1.54, 1.807) is 0 Å². The lowest BCUT2D eigenvalue weighted by Gasteiger charge is -1.79. The van der Waals surface area contributed by atoms with Crippen molar-refractivity contribution in [3.05, 3.63) is 10.4 Å². The molecule has 1 heterocycles. The maximum atomic E-state index is 10.4. The highest BCUT2D eigenvalue weighted by atomic mass is 16.7. The van der Waals surface area contributed by atoms with Gasteiger partial charge in [0.25, 0.3) is 5.88 Å². The van der Waals surface area contributed by atoms with Gasteiger partial charge in [0.1, 0.15) is 0 Å². The van der Waals surface area contributed by atoms with Gasteiger partial charge in [-0.25, -0.2) is 0 Å². The molecule has 0 aliphatic carbocycles. The van der Waals surface area contributed by atoms with Crippen LogP contribution in [-0.4, -0.2) is 10.1 Å². The van der Waals surface area contributed by atoms with Gasteiger partial charge in [-0.3, -0.25) is 4.79 Å². The standard InChI is InChI=1S/C3H5N3O3/c4-1-2(5)9-6(8)3(1)7/h8H,4-5H2. The van der Waals surface area contributed by atoms with Gasteiger partial charge in [-0.2, -0.15) is 0 Å². The monoisotopic (exact) mass is 131 g/mol. The average Bonchev–Trinajstić information content (AvgIpc) is 1.98. The minimum atomic E-state index is -0.840. The SMILES string of the molecule is Nc1on(O)c(=O)c1N. The number of rotatable bonds is 0. The van der Waals surface area contributed by atoms with Crippen LogP contribution < -0.4 is 17.0 Å². The van der Waals surface area contributed by atoms with Gasteiger partial charge in [-0.15, -0.1) is 0 Å². The fourth-order valence-electron chi connectivity index (χ4n) is 0.392. The van der Waals surface area contributed by atoms with E-state index < -0.39 is 5.56 Å². The van der Waals surface area contributed by atoms with Crippen LogP contribution in [0, 0.1) is 0 Å². The molecule has 0 saturated carbocycles. The molecule has 0 fully saturated rings. The normalized spacial score (nSPS) is 9.78. The van der Waals surface area contributed by atoms with Crippen molar-refractivity contribution in [3.63, 3.8) is 0 Å². The Hall–Kier alpha value is -1.59. The zero-order valence-electron chi connectivity index (χ0n) is 4.37. The minimum Gasteiger partial charge on any atom is -0.397 e. The molecule has 6 nitrogen and oxygen atoms in total. The molecular formula is C3H5N3O3. The van der Waals surface area contributed by atoms with Crippen LogP contribution >= 0.6 is 0 Å². The first kappa shape index (κ1) is 5.54. The lowest BCUT2D eigenvalue weighted by molar-refractivity contribution is 0.00752. The average molecular weight is 131 g/mol. The molecule has 0 aliphatic heterocycles. The van der Waals surface area contributed by atoms with Crippen molar-refractivity contribution in [1.29, 1.82) is 0 Å². The molecule has 9 heavy (non-hydrogen) atoms. The van der Waals surface area contributed by atoms with Gasteiger partial charge < -0.3 is 21.2 Å². The number of nitrogen functional groups attached to an aromatic ring is 2. The molecule has 0 unspecified atom stereocenters. The molecule has 0 spiro atoms. The molecule has 0 bridgehead atoms. The van der Waals surface area contributed by atoms with Crippen molar-refractivity contribution < 1.29 is 9.73 Å². The maximum absolute atomic E-state index is 10.4. The summed E-state index contributed by atoms with van der Waals surface area (Å²) in [7, 11) is 0. The number of nitrogens with zero attached hydrogens (tertiary/aromatic N) is 1. The molecule has 1 rings (SSSR count). The maximum Gasteiger partial charge on any atom is 0.347 e. The van der Waals surface area contributed by atoms with E-state index in [0.29, 0.717) is 0 Å². The van der Waals surface area contributed by atoms with Crippen molar-refractivity contribution in [2.45, 2.75) is 0 Å². The van der Waals surface area contributed by atoms with Crippen LogP contribution in [0.1, 0.15) is 0 Å². The Labute approximate surface area is 49.2 Å². The number of aromatic nitrogens is 1. The Morgan fingerprint density at radius 1 is 1.56 bits per heavy atom. The highest BCUT2D eigenvalue weighted by Crippen LogP contribution is 2.05. The first-order chi connectivity index (χ1) is 4.13. The second kappa shape index (κ2) is 1.44. The molecule has 6 heteroatoms. The Kier molecular flexibility index (Phi) is 0.888. The van der Waals surface area contributed by atoms with Gasteiger partial charge in [-0.1, -0.05) is 0 Å². The summed E-state index contributed by atoms with van der Waals surface area (Å²) in [6.07, 6.45) is 0. The molecule has 0 aliphatic rings. The molecule has 1 aromatic heterocycles. The van der Waals surface area contributed by atoms with Crippen LogP contribution in [0.2, 0.25) is 0 Å². The molecule has 0 aromatic carbocycles. The van der Waals surface area contributed by atoms with E-state index in [4.69, 9.17) is 16.7 Å². The van der Waals surface area contributed by atoms with E-state index in [1.165, 1.54) is 0 Å². The Bertz CT molecular complexity index is 272. The molecule has 0 atom stereocenters. The molecule has 50 valence electrons. The number of hydrogen-bond donors (Lipinski definition) is 3. The number of anilines is 2. The van der Waals surface area contributed by atoms with E-state index in [0.717, 1.165) is 0 Å². The summed E-state index contributed by atoms with van der Waals surface area (Å²) in [4.78, 5) is 10.4. The van der Waals surface area contributed by atoms with E-state index in [2.05, 4.69) is 4.52 Å². The number of nitrogens with two attached hydrogens (primary N) is 2. The first-order valence-electron chi connectivity index (χ1n) is 2.09. The molecule has 1 aromatic rings. The van der Waals surface area contributed by atoms with Gasteiger partial charge in [0, 0.05) is 4.90 Å². The van der Waals surface area contributed by atoms with Crippen LogP contribution in [0.3, 0.4) is 0 Å². The Balaban J connectivity index is 3.48. The van der Waals surface area contributed by atoms with E-state index >= 15 is 0 Å². The van der Waals surface area contributed by atoms with Gasteiger partial charge >= 0.3 is 5.56 Å². The van der Waals surface area contributed by atoms with Crippen LogP contribution in [0.4, 0.5) is 11.6 Å². The molecule has 0 saturated heterocycles. The first-order valence-corrected chi connectivity index (χ1v) is 2.09. The van der Waals surface area contributed by atoms with Gasteiger partial charge in [0.05, 0.1) is 0 Å². The van der Waals surface area contributed by atoms with Crippen molar-refractivity contribution in [1.82, 2.24) is 4.90 Å². The number of hydrogen-bond acceptors (Lipinski definition) is 5. The molecule has 0 radical (unpaired) electrons. The highest BCUT2D eigenvalue weighted by molar-refractivity contribution is 5.53. The van der Waals surface area contributed by atoms with E-state index in [9.17, 15) is 4.79 Å². The minimum absolute atomic E-state index is 0.0231. The second-order valence-corrected chi connectivity index (χ2v) is 1.45. The highest BCUT2D eigenvalue weighted by Gasteiger charge is 2.08. The van der Waals surface area contributed by atoms with Crippen LogP contribution in [0.25, 0.3) is 0 Å². The lowest BCUT2D eigenvalue weighted by Crippen LogP contribution is -2.13. The summed E-state index contributed by atoms with van der Waals surface area (Å²) >= 11 is 0. The molecule has 5 N–H and O–H groups in total. The van der Waals surface area contributed by atoms with Crippen LogP contribution in [0.5, 0.6) is 0 Å². The quantitative estimate of drug-likeness (QED) is 0.385. The fraction of sp³-hybridized carbons (Fsp3) is 0. The van der Waals surface area contributed by atoms with Crippen LogP contribution in [-0.2, 0) is 0 Å². The summed E-state index contributed by atoms with van der Waals surface area (Å²) < 4.78 is 4.16. The van der Waals surface area contributed by atoms with Gasteiger partial charge in [0.15, 0.2) is 5.69 Å². The van der Waals surface area contributed by atoms with E-state index in [1.807, 2.05) is 0 Å². The third kappa shape index (κ3) is 0.600. The topological polar surface area (TPSA) is 107 Å². The van der Waals surface area contributed by atoms with Crippen molar-refractivity contribution in [2.75, 3.05) is 11.5 Å². The molecular weight excluding hydrogens is 126 g/mol. The third-order valence-electron chi connectivity index (χ3n) is 0.854. The third-order valence-corrected chi connectivity index (χ3v) is 0.854. The van der Waals surface area contributed by atoms with Crippen molar-refractivity contribution >= 4 is 11.6 Å². The zero-order valence-corrected chi connectivity index (χ0v) is 4.37. The predicted octanol–water partition coefficient (Wildman–Crippen LogP) is -1.16. The molecule has 0 amide bonds. The summed E-state index contributed by atoms with van der Waals surface area (Å²) in [5.41, 5.74) is 8.84. The second-order valence-electron chi connectivity index (χ2n) is 1.45. The summed E-state index contributed by atoms with van der Waals surface area (Å²) in [5, 5.41) is 8.40. The lowest BCUT2D eigenvalue weighted by atomic mass is 10.5. The summed E-state index contributed by atoms with van der Waals surface area (Å²) in [6, 6.07) is 0. The van der Waals surface area contributed by atoms with Crippen molar-refractivity contribution in [2.24, 2.45) is 0 Å². The fourth-order valence-corrected chi connectivity index (χ4v) is 0.392. The van der Waals surface area contributed by atoms with E-state index in [-0.39, 0.29) is 16.5 Å². The summed E-state index contributed by atoms with van der Waals surface area (Å²) in [5.74, 6) is -0.275. The Morgan fingerprint density at radius 3 is 2.22 bits per heavy atom. The van der Waals surface area contributed by atoms with Gasteiger partial charge in [0.2, 0.25) is 0 Å². The van der Waals surface area contributed by atoms with Crippen LogP contribution in [0.15, 0.2) is 9.32 Å². The largest absolute Gasteiger partial charge is 0.397 e. The smallest absolute Gasteiger partial charge is 0.347 e. The van der Waals surface area contributed by atoms with Gasteiger partial charge in [-0.05, 0) is 0 Å². The Morgan fingerprint density at radius 2 is 2.11 bits per heavy atom. The summed E-state index contributed by atoms with van der Waals surface area (Å²) in [6.45, 7) is 0. The zero-order chi connectivity index (χ0) is 7.02.